The molecular weight excluding hydrogens is 332 g/mol. The van der Waals surface area contributed by atoms with Crippen molar-refractivity contribution in [3.8, 4) is 11.5 Å². The minimum absolute atomic E-state index is 0.0848. The number of aliphatic imine (C=N–C) groups is 1. The zero-order chi connectivity index (χ0) is 18.9. The quantitative estimate of drug-likeness (QED) is 0.615. The third-order valence-corrected chi connectivity index (χ3v) is 4.25. The van der Waals surface area contributed by atoms with Crippen molar-refractivity contribution in [3.05, 3.63) is 24.3 Å². The molecule has 0 aromatic heterocycles. The summed E-state index contributed by atoms with van der Waals surface area (Å²) in [6, 6.07) is 7.61. The molecule has 1 heterocycles. The lowest BCUT2D eigenvalue weighted by Crippen LogP contribution is -2.53. The molecule has 144 valence electrons. The van der Waals surface area contributed by atoms with E-state index >= 15 is 0 Å². The summed E-state index contributed by atoms with van der Waals surface area (Å²) in [5.74, 6) is 2.44. The molecule has 1 aromatic rings. The molecule has 7 nitrogen and oxygen atoms in total. The number of nitrogens with one attached hydrogen (secondary N) is 1. The largest absolute Gasteiger partial charge is 0.493 e. The summed E-state index contributed by atoms with van der Waals surface area (Å²) in [6.45, 7) is 10.0. The monoisotopic (exact) mass is 362 g/mol. The fourth-order valence-electron chi connectivity index (χ4n) is 2.84. The lowest BCUT2D eigenvalue weighted by molar-refractivity contribution is -0.130. The van der Waals surface area contributed by atoms with Crippen molar-refractivity contribution in [1.82, 2.24) is 15.1 Å². The maximum Gasteiger partial charge on any atom is 0.219 e. The lowest BCUT2D eigenvalue weighted by atomic mass is 10.3. The van der Waals surface area contributed by atoms with Crippen molar-refractivity contribution in [1.29, 1.82) is 0 Å². The Hall–Kier alpha value is -2.44. The van der Waals surface area contributed by atoms with Crippen LogP contribution in [0.4, 0.5) is 0 Å². The molecule has 1 amide bonds. The smallest absolute Gasteiger partial charge is 0.219 e. The predicted octanol–water partition coefficient (Wildman–Crippen LogP) is 1.59. The topological polar surface area (TPSA) is 66.4 Å². The third-order valence-electron chi connectivity index (χ3n) is 4.25. The molecule has 0 bridgehead atoms. The van der Waals surface area contributed by atoms with Gasteiger partial charge in [0.1, 0.15) is 6.10 Å². The summed E-state index contributed by atoms with van der Waals surface area (Å²) < 4.78 is 11.3. The molecule has 0 spiro atoms. The van der Waals surface area contributed by atoms with Crippen molar-refractivity contribution >= 4 is 11.9 Å². The second-order valence-corrected chi connectivity index (χ2v) is 6.27. The van der Waals surface area contributed by atoms with Gasteiger partial charge in [0.15, 0.2) is 17.5 Å². The molecule has 1 aliphatic heterocycles. The van der Waals surface area contributed by atoms with Crippen LogP contribution < -0.4 is 14.8 Å². The van der Waals surface area contributed by atoms with Gasteiger partial charge in [-0.1, -0.05) is 12.1 Å². The highest BCUT2D eigenvalue weighted by Gasteiger charge is 2.21. The number of benzene rings is 1. The number of hydrogen-bond donors (Lipinski definition) is 1. The highest BCUT2D eigenvalue weighted by atomic mass is 16.5. The van der Waals surface area contributed by atoms with E-state index in [9.17, 15) is 4.79 Å². The van der Waals surface area contributed by atoms with E-state index in [-0.39, 0.29) is 12.0 Å². The van der Waals surface area contributed by atoms with E-state index in [2.05, 4.69) is 17.1 Å². The van der Waals surface area contributed by atoms with Gasteiger partial charge >= 0.3 is 0 Å². The first-order valence-corrected chi connectivity index (χ1v) is 9.13. The number of nitrogens with zero attached hydrogens (tertiary/aromatic N) is 3. The first kappa shape index (κ1) is 19.9. The molecule has 0 radical (unpaired) electrons. The third kappa shape index (κ3) is 5.54. The van der Waals surface area contributed by atoms with Crippen molar-refractivity contribution < 1.29 is 14.3 Å². The predicted molar refractivity (Wildman–Crippen MR) is 103 cm³/mol. The van der Waals surface area contributed by atoms with E-state index in [1.807, 2.05) is 36.1 Å². The van der Waals surface area contributed by atoms with Crippen LogP contribution in [-0.2, 0) is 4.79 Å². The van der Waals surface area contributed by atoms with Crippen LogP contribution in [-0.4, -0.2) is 74.1 Å². The summed E-state index contributed by atoms with van der Waals surface area (Å²) in [6.07, 6.45) is -0.0848. The molecule has 0 aliphatic carbocycles. The van der Waals surface area contributed by atoms with E-state index < -0.39 is 0 Å². The van der Waals surface area contributed by atoms with Crippen LogP contribution in [0.3, 0.4) is 0 Å². The number of carbonyl (C=O) groups is 1. The fraction of sp³-hybridized carbons (Fsp3) is 0.579. The number of guanidine groups is 1. The van der Waals surface area contributed by atoms with Gasteiger partial charge in [-0.2, -0.15) is 0 Å². The van der Waals surface area contributed by atoms with E-state index in [0.717, 1.165) is 50.2 Å². The molecule has 1 saturated heterocycles. The molecule has 7 heteroatoms. The Balaban J connectivity index is 1.94. The summed E-state index contributed by atoms with van der Waals surface area (Å²) in [4.78, 5) is 20.3. The maximum atomic E-state index is 11.5. The SMILES string of the molecule is CCNC(=NCC(C)Oc1ccccc1OC)N1CCN(C(C)=O)CC1. The highest BCUT2D eigenvalue weighted by Crippen LogP contribution is 2.26. The minimum Gasteiger partial charge on any atom is -0.493 e. The van der Waals surface area contributed by atoms with Crippen LogP contribution in [0.1, 0.15) is 20.8 Å². The highest BCUT2D eigenvalue weighted by molar-refractivity contribution is 5.80. The summed E-state index contributed by atoms with van der Waals surface area (Å²) in [5, 5.41) is 3.33. The minimum atomic E-state index is -0.0848. The van der Waals surface area contributed by atoms with E-state index in [0.29, 0.717) is 6.54 Å². The molecule has 1 unspecified atom stereocenters. The molecule has 1 aromatic carbocycles. The number of amides is 1. The van der Waals surface area contributed by atoms with Gasteiger partial charge in [-0.05, 0) is 26.0 Å². The number of para-hydroxylation sites is 2. The van der Waals surface area contributed by atoms with Gasteiger partial charge in [0, 0.05) is 39.6 Å². The van der Waals surface area contributed by atoms with Gasteiger partial charge in [0.25, 0.3) is 0 Å². The molecule has 2 rings (SSSR count). The molecule has 26 heavy (non-hydrogen) atoms. The van der Waals surface area contributed by atoms with Crippen molar-refractivity contribution in [2.45, 2.75) is 26.9 Å². The number of carbonyl (C=O) groups excluding carboxylic acids is 1. The Morgan fingerprint density at radius 1 is 1.19 bits per heavy atom. The zero-order valence-electron chi connectivity index (χ0n) is 16.2. The van der Waals surface area contributed by atoms with Crippen LogP contribution in [0.5, 0.6) is 11.5 Å². The number of rotatable bonds is 6. The molecule has 0 saturated carbocycles. The Morgan fingerprint density at radius 2 is 1.81 bits per heavy atom. The summed E-state index contributed by atoms with van der Waals surface area (Å²) in [7, 11) is 1.63. The van der Waals surface area contributed by atoms with E-state index in [1.165, 1.54) is 0 Å². The van der Waals surface area contributed by atoms with Gasteiger partial charge in [0.05, 0.1) is 13.7 Å². The van der Waals surface area contributed by atoms with Crippen molar-refractivity contribution in [3.63, 3.8) is 0 Å². The molecule has 1 fully saturated rings. The van der Waals surface area contributed by atoms with Gasteiger partial charge < -0.3 is 24.6 Å². The fourth-order valence-corrected chi connectivity index (χ4v) is 2.84. The molecule has 1 atom stereocenters. The average molecular weight is 362 g/mol. The van der Waals surface area contributed by atoms with E-state index in [1.54, 1.807) is 14.0 Å². The van der Waals surface area contributed by atoms with E-state index in [4.69, 9.17) is 14.5 Å². The first-order valence-electron chi connectivity index (χ1n) is 9.13. The Bertz CT molecular complexity index is 613. The maximum absolute atomic E-state index is 11.5. The van der Waals surface area contributed by atoms with Crippen LogP contribution >= 0.6 is 0 Å². The molecular formula is C19H30N4O3. The zero-order valence-corrected chi connectivity index (χ0v) is 16.2. The Morgan fingerprint density at radius 3 is 2.38 bits per heavy atom. The van der Waals surface area contributed by atoms with Crippen LogP contribution in [0.15, 0.2) is 29.3 Å². The summed E-state index contributed by atoms with van der Waals surface area (Å²) >= 11 is 0. The van der Waals surface area contributed by atoms with Crippen LogP contribution in [0.25, 0.3) is 0 Å². The van der Waals surface area contributed by atoms with Gasteiger partial charge in [-0.25, -0.2) is 4.99 Å². The van der Waals surface area contributed by atoms with Crippen LogP contribution in [0, 0.1) is 0 Å². The lowest BCUT2D eigenvalue weighted by Gasteiger charge is -2.36. The van der Waals surface area contributed by atoms with Crippen LogP contribution in [0.2, 0.25) is 0 Å². The molecule has 1 N–H and O–H groups in total. The average Bonchev–Trinajstić information content (AvgIpc) is 2.65. The van der Waals surface area contributed by atoms with Gasteiger partial charge in [-0.15, -0.1) is 0 Å². The van der Waals surface area contributed by atoms with Gasteiger partial charge in [0.2, 0.25) is 5.91 Å². The number of methoxy groups -OCH3 is 1. The Labute approximate surface area is 156 Å². The van der Waals surface area contributed by atoms with Crippen molar-refractivity contribution in [2.75, 3.05) is 46.4 Å². The second kappa shape index (κ2) is 9.89. The number of ether oxygens (including phenoxy) is 2. The number of hydrogen-bond acceptors (Lipinski definition) is 4. The normalized spacial score (nSPS) is 16.2. The Kier molecular flexibility index (Phi) is 7.56. The molecule has 1 aliphatic rings. The standard InChI is InChI=1S/C19H30N4O3/c1-5-20-19(23-12-10-22(11-13-23)16(3)24)21-14-15(2)26-18-9-7-6-8-17(18)25-4/h6-9,15H,5,10-14H2,1-4H3,(H,20,21). The number of piperazine rings is 1. The summed E-state index contributed by atoms with van der Waals surface area (Å²) in [5.41, 5.74) is 0. The van der Waals surface area contributed by atoms with Crippen molar-refractivity contribution in [2.24, 2.45) is 4.99 Å². The van der Waals surface area contributed by atoms with Gasteiger partial charge in [-0.3, -0.25) is 4.79 Å². The second-order valence-electron chi connectivity index (χ2n) is 6.27. The first-order chi connectivity index (χ1) is 12.5.